The molecule has 149 heavy (non-hydrogen) atoms. The number of hydrogen-bond acceptors (Lipinski definition) is 16. The summed E-state index contributed by atoms with van der Waals surface area (Å²) in [6, 6.07) is 78.3. The van der Waals surface area contributed by atoms with E-state index in [0.717, 1.165) is 81.0 Å². The van der Waals surface area contributed by atoms with Gasteiger partial charge in [-0.3, -0.25) is 0 Å². The maximum atomic E-state index is 8.54. The molecular formula is C133H121N15S. The van der Waals surface area contributed by atoms with Gasteiger partial charge >= 0.3 is 0 Å². The second-order valence-corrected chi connectivity index (χ2v) is 41.9. The highest BCUT2D eigenvalue weighted by molar-refractivity contribution is 7.26. The van der Waals surface area contributed by atoms with E-state index < -0.39 is 53.1 Å². The van der Waals surface area contributed by atoms with Gasteiger partial charge in [0, 0.05) is 109 Å². The fraction of sp³-hybridized carbons (Fsp3) is 0.180. The fourth-order valence-corrected chi connectivity index (χ4v) is 18.3. The molecule has 0 saturated carbocycles. The summed E-state index contributed by atoms with van der Waals surface area (Å²) >= 11 is 1.65. The third kappa shape index (κ3) is 22.7. The summed E-state index contributed by atoms with van der Waals surface area (Å²) in [4.78, 5) is 70.7. The van der Waals surface area contributed by atoms with Crippen LogP contribution >= 0.6 is 11.3 Å². The Morgan fingerprint density at radius 2 is 0.624 bits per heavy atom. The largest absolute Gasteiger partial charge is 0.213 e. The lowest BCUT2D eigenvalue weighted by atomic mass is 9.80. The number of fused-ring (bicyclic) bond motifs is 7. The van der Waals surface area contributed by atoms with Gasteiger partial charge in [-0.25, -0.2) is 74.8 Å². The molecule has 0 spiro atoms. The molecule has 6 aromatic heterocycles. The van der Waals surface area contributed by atoms with Crippen LogP contribution in [0.4, 0.5) is 0 Å². The zero-order valence-corrected chi connectivity index (χ0v) is 86.8. The quantitative estimate of drug-likeness (QED) is 0.0997. The highest BCUT2D eigenvalue weighted by Gasteiger charge is 2.39. The standard InChI is InChI=1S/C29H25N3.C27H25N3.2C26H25N3.C25H21N3S/c1-29(2,3)28-31-26(23-18-17-20-11-7-8-14-22(20)19-23)30-27(32-28)25-16-10-9-15-24(25)21-12-5-4-6-13-21;1-17(2)24-28-25(18-11-6-5-7-12-18)30-26(29-24)21-15-10-14-20-19-13-8-9-16-22(19)27(3,4)23(20)21;1-18-12-8-9-15-20(18)21-16-10-11-17-22(21)24-27-23(19-13-6-5-7-14-19)28-25(29-24)26(2,3)4;1-18-9-8-12-22(17-18)24-27-23(28-25(29-24)26(2,3)4)21-15-13-20(14-16-21)19-10-6-5-7-11-19;1-25(2,3)24-27-22(16-10-5-4-6-11-16)26-23(28-24)19-14-9-13-18-17-12-7-8-15-20(17)29-21(18)19/h4-19H,1-3H3;5-17H,1-4H3;2*5-17H,1-4H3;4-15H,1-3H3/i4D,5D,6D,12D,13D;5D,6D,7D,11D,12D;8D,9D,12D,15D;8D,9D,12D,17D;4D,5D,6D,10D,11D. The van der Waals surface area contributed by atoms with Gasteiger partial charge in [0.25, 0.3) is 0 Å². The molecule has 16 aromatic carbocycles. The molecule has 23 rings (SSSR count). The van der Waals surface area contributed by atoms with Crippen LogP contribution in [0.25, 0.3) is 189 Å². The molecule has 0 bridgehead atoms. The van der Waals surface area contributed by atoms with Gasteiger partial charge in [-0.15, -0.1) is 11.3 Å². The van der Waals surface area contributed by atoms with Gasteiger partial charge in [-0.05, 0) is 110 Å². The first-order chi connectivity index (χ1) is 81.3. The molecule has 16 heteroatoms. The topological polar surface area (TPSA) is 193 Å². The van der Waals surface area contributed by atoms with Gasteiger partial charge in [0.05, 0.1) is 31.5 Å². The molecule has 0 fully saturated rings. The average Bonchev–Trinajstić information content (AvgIpc) is 1.56. The number of benzene rings is 16. The summed E-state index contributed by atoms with van der Waals surface area (Å²) < 4.78 is 191. The van der Waals surface area contributed by atoms with Crippen molar-refractivity contribution in [3.05, 3.63) is 451 Å². The van der Waals surface area contributed by atoms with Gasteiger partial charge in [-0.1, -0.05) is 492 Å². The molecule has 0 saturated heterocycles. The molecule has 1 aliphatic carbocycles. The second-order valence-electron chi connectivity index (χ2n) is 40.9. The summed E-state index contributed by atoms with van der Waals surface area (Å²) in [5.74, 6) is 6.27. The maximum absolute atomic E-state index is 8.54. The molecule has 6 heterocycles. The summed E-state index contributed by atoms with van der Waals surface area (Å²) in [5.41, 5.74) is 13.1. The third-order valence-corrected chi connectivity index (χ3v) is 26.0. The van der Waals surface area contributed by atoms with Crippen molar-refractivity contribution in [2.75, 3.05) is 0 Å². The van der Waals surface area contributed by atoms with Gasteiger partial charge in [0.15, 0.2) is 58.2 Å². The van der Waals surface area contributed by atoms with Crippen molar-refractivity contribution >= 4 is 42.3 Å². The molecular weight excluding hydrogens is 1840 g/mol. The summed E-state index contributed by atoms with van der Waals surface area (Å²) in [6.45, 7) is 35.7. The minimum absolute atomic E-state index is 0.00238. The van der Waals surface area contributed by atoms with Crippen molar-refractivity contribution in [3.8, 4) is 158 Å². The van der Waals surface area contributed by atoms with Crippen LogP contribution < -0.4 is 0 Å². The van der Waals surface area contributed by atoms with E-state index in [9.17, 15) is 0 Å². The molecule has 0 atom stereocenters. The average molecular weight is 1980 g/mol. The van der Waals surface area contributed by atoms with Crippen molar-refractivity contribution in [2.45, 2.75) is 158 Å². The van der Waals surface area contributed by atoms with Crippen LogP contribution in [0.15, 0.2) is 400 Å². The van der Waals surface area contributed by atoms with Crippen LogP contribution in [0.3, 0.4) is 0 Å². The normalized spacial score (nSPS) is 14.2. The lowest BCUT2D eigenvalue weighted by molar-refractivity contribution is 0.543. The van der Waals surface area contributed by atoms with Crippen molar-refractivity contribution in [3.63, 3.8) is 0 Å². The van der Waals surface area contributed by atoms with Crippen molar-refractivity contribution in [1.29, 1.82) is 0 Å². The number of aromatic nitrogens is 15. The van der Waals surface area contributed by atoms with E-state index >= 15 is 0 Å². The highest BCUT2D eigenvalue weighted by Crippen LogP contribution is 2.52. The predicted molar refractivity (Wildman–Crippen MR) is 616 cm³/mol. The number of nitrogens with zero attached hydrogens (tertiary/aromatic N) is 15. The predicted octanol–water partition coefficient (Wildman–Crippen LogP) is 33.8. The minimum atomic E-state index is -0.451. The number of thiophene rings is 1. The molecule has 22 aromatic rings. The molecule has 0 radical (unpaired) electrons. The van der Waals surface area contributed by atoms with Gasteiger partial charge in [0.1, 0.15) is 29.1 Å². The SMILES string of the molecule is [2H]c1c([2H])c(C)c([2H])c(-c2nc(-c3ccc(-c4ccccc4)cc3)nc(C(C)(C)C)n2)c1[2H].[2H]c1c([2H])c([2H])c(-c2ccccc2-c2nc(-c3ccc4ccccc4c3)nc(C(C)(C)C)n2)c([2H])c1[2H].[2H]c1c([2H])c([2H])c(-c2ccccc2-c2nc(-c3ccccc3)nc(C(C)(C)C)n2)c(C)c1[2H].[2H]c1c([2H])c([2H])c(-c2nc(-c3cccc4c3C(C)(C)c3ccccc3-4)nc(C(C)C)n2)c([2H])c1[2H].[2H]c1c([2H])c([2H])c(-c2nc(-c3cccc4c3sc3ccccc34)nc(C(C)(C)C)n2)c([2H])c1[2H]. The van der Waals surface area contributed by atoms with Crippen LogP contribution in [-0.4, -0.2) is 74.8 Å². The van der Waals surface area contributed by atoms with E-state index in [2.05, 4.69) is 93.4 Å². The molecule has 0 amide bonds. The summed E-state index contributed by atoms with van der Waals surface area (Å²) in [7, 11) is 0. The zero-order chi connectivity index (χ0) is 124. The van der Waals surface area contributed by atoms with Crippen molar-refractivity contribution in [1.82, 2.24) is 74.8 Å². The summed E-state index contributed by atoms with van der Waals surface area (Å²) in [6.07, 6.45) is 0. The van der Waals surface area contributed by atoms with Gasteiger partial charge in [-0.2, -0.15) is 0 Å². The molecule has 0 N–H and O–H groups in total. The lowest BCUT2D eigenvalue weighted by Crippen LogP contribution is -2.18. The Morgan fingerprint density at radius 3 is 1.20 bits per heavy atom. The van der Waals surface area contributed by atoms with E-state index in [1.165, 1.54) is 11.1 Å². The van der Waals surface area contributed by atoms with Crippen LogP contribution in [0.2, 0.25) is 0 Å². The van der Waals surface area contributed by atoms with Gasteiger partial charge < -0.3 is 0 Å². The fourth-order valence-electron chi connectivity index (χ4n) is 17.1. The first-order valence-corrected chi connectivity index (χ1v) is 49.9. The van der Waals surface area contributed by atoms with E-state index in [0.29, 0.717) is 109 Å². The first-order valence-electron chi connectivity index (χ1n) is 60.6. The Morgan fingerprint density at radius 1 is 0.255 bits per heavy atom. The van der Waals surface area contributed by atoms with Crippen molar-refractivity contribution in [2.24, 2.45) is 0 Å². The van der Waals surface area contributed by atoms with Crippen LogP contribution in [0.5, 0.6) is 0 Å². The first kappa shape index (κ1) is 75.7. The molecule has 1 aliphatic rings. The summed E-state index contributed by atoms with van der Waals surface area (Å²) in [5, 5.41) is 4.43. The van der Waals surface area contributed by atoms with Crippen LogP contribution in [0, 0.1) is 13.8 Å². The molecule has 0 unspecified atom stereocenters. The highest BCUT2D eigenvalue weighted by atomic mass is 32.1. The lowest BCUT2D eigenvalue weighted by Gasteiger charge is -2.24. The molecule has 734 valence electrons. The van der Waals surface area contributed by atoms with E-state index in [1.807, 2.05) is 291 Å². The van der Waals surface area contributed by atoms with E-state index in [4.69, 9.17) is 81.4 Å². The number of hydrogen-bond donors (Lipinski definition) is 0. The minimum Gasteiger partial charge on any atom is -0.213 e. The Labute approximate surface area is 911 Å². The van der Waals surface area contributed by atoms with Crippen molar-refractivity contribution < 1.29 is 31.5 Å². The zero-order valence-electron chi connectivity index (χ0n) is 109. The Bertz CT molecular complexity index is 9960. The van der Waals surface area contributed by atoms with Crippen LogP contribution in [-0.2, 0) is 27.1 Å². The van der Waals surface area contributed by atoms with E-state index in [1.54, 1.807) is 37.3 Å². The molecule has 0 aliphatic heterocycles. The Hall–Kier alpha value is -17.0. The van der Waals surface area contributed by atoms with Crippen LogP contribution in [0.1, 0.15) is 200 Å². The Balaban J connectivity index is 0.000000131. The monoisotopic (exact) mass is 1980 g/mol. The smallest absolute Gasteiger partial charge is 0.165 e. The van der Waals surface area contributed by atoms with Gasteiger partial charge in [0.2, 0.25) is 0 Å². The Kier molecular flexibility index (Phi) is 21.9. The molecule has 15 nitrogen and oxygen atoms in total. The third-order valence-electron chi connectivity index (χ3n) is 24.8. The maximum Gasteiger partial charge on any atom is 0.165 e. The van der Waals surface area contributed by atoms with E-state index in [-0.39, 0.29) is 159 Å². The number of rotatable bonds is 14. The second kappa shape index (κ2) is 43.0.